The third kappa shape index (κ3) is 4.85. The second-order valence-corrected chi connectivity index (χ2v) is 7.43. The van der Waals surface area contributed by atoms with Gasteiger partial charge in [0.15, 0.2) is 0 Å². The standard InChI is InChI=1S/C15H14BrFN2O3S/c1-10(15(20)18-13-4-2-3-12(17)9-13)19-23(21,22)14-7-5-11(16)6-8-14/h2-10,19H,1H3,(H,18,20)/t10-/m1/s1. The monoisotopic (exact) mass is 400 g/mol. The Kier molecular flexibility index (Phi) is 5.51. The molecule has 0 fully saturated rings. The summed E-state index contributed by atoms with van der Waals surface area (Å²) in [6, 6.07) is 10.3. The quantitative estimate of drug-likeness (QED) is 0.809. The van der Waals surface area contributed by atoms with Gasteiger partial charge >= 0.3 is 0 Å². The molecule has 2 rings (SSSR count). The van der Waals surface area contributed by atoms with Crippen LogP contribution in [0, 0.1) is 5.82 Å². The maximum absolute atomic E-state index is 13.1. The Bertz CT molecular complexity index is 810. The second-order valence-electron chi connectivity index (χ2n) is 4.80. The van der Waals surface area contributed by atoms with Crippen LogP contribution in [-0.4, -0.2) is 20.4 Å². The van der Waals surface area contributed by atoms with E-state index in [0.29, 0.717) is 0 Å². The van der Waals surface area contributed by atoms with Crippen LogP contribution in [0.25, 0.3) is 0 Å². The zero-order valence-corrected chi connectivity index (χ0v) is 14.5. The summed E-state index contributed by atoms with van der Waals surface area (Å²) in [5, 5.41) is 2.45. The summed E-state index contributed by atoms with van der Waals surface area (Å²) < 4.78 is 40.5. The molecule has 2 N–H and O–H groups in total. The van der Waals surface area contributed by atoms with Crippen LogP contribution in [-0.2, 0) is 14.8 Å². The molecule has 0 bridgehead atoms. The number of carbonyl (C=O) groups excluding carboxylic acids is 1. The van der Waals surface area contributed by atoms with Crippen molar-refractivity contribution in [2.24, 2.45) is 0 Å². The number of rotatable bonds is 5. The number of benzene rings is 2. The molecule has 0 spiro atoms. The summed E-state index contributed by atoms with van der Waals surface area (Å²) in [7, 11) is -3.83. The molecular weight excluding hydrogens is 387 g/mol. The van der Waals surface area contributed by atoms with Crippen molar-refractivity contribution >= 4 is 37.5 Å². The number of carbonyl (C=O) groups is 1. The molecule has 0 saturated heterocycles. The number of anilines is 1. The van der Waals surface area contributed by atoms with Gasteiger partial charge in [-0.3, -0.25) is 4.79 Å². The lowest BCUT2D eigenvalue weighted by Crippen LogP contribution is -2.41. The maximum atomic E-state index is 13.1. The van der Waals surface area contributed by atoms with E-state index in [1.807, 2.05) is 0 Å². The van der Waals surface area contributed by atoms with Crippen molar-refractivity contribution in [1.29, 1.82) is 0 Å². The molecule has 122 valence electrons. The predicted octanol–water partition coefficient (Wildman–Crippen LogP) is 2.89. The van der Waals surface area contributed by atoms with Crippen molar-refractivity contribution in [2.75, 3.05) is 5.32 Å². The van der Waals surface area contributed by atoms with E-state index in [1.165, 1.54) is 37.3 Å². The summed E-state index contributed by atoms with van der Waals surface area (Å²) in [4.78, 5) is 12.1. The van der Waals surface area contributed by atoms with Crippen molar-refractivity contribution in [3.8, 4) is 0 Å². The van der Waals surface area contributed by atoms with Crippen LogP contribution < -0.4 is 10.0 Å². The highest BCUT2D eigenvalue weighted by atomic mass is 79.9. The van der Waals surface area contributed by atoms with Crippen LogP contribution >= 0.6 is 15.9 Å². The average Bonchev–Trinajstić information content (AvgIpc) is 2.47. The van der Waals surface area contributed by atoms with Gasteiger partial charge in [0, 0.05) is 10.2 Å². The Morgan fingerprint density at radius 1 is 1.17 bits per heavy atom. The number of halogens is 2. The Balaban J connectivity index is 2.06. The molecule has 8 heteroatoms. The fourth-order valence-corrected chi connectivity index (χ4v) is 3.25. The van der Waals surface area contributed by atoms with E-state index in [1.54, 1.807) is 12.1 Å². The Hall–Kier alpha value is -1.77. The molecule has 0 aliphatic rings. The molecule has 0 aliphatic carbocycles. The normalized spacial score (nSPS) is 12.7. The number of hydrogen-bond donors (Lipinski definition) is 2. The highest BCUT2D eigenvalue weighted by Crippen LogP contribution is 2.15. The summed E-state index contributed by atoms with van der Waals surface area (Å²) in [5.74, 6) is -1.08. The van der Waals surface area contributed by atoms with Gasteiger partial charge in [-0.2, -0.15) is 4.72 Å². The second kappa shape index (κ2) is 7.20. The predicted molar refractivity (Wildman–Crippen MR) is 89.0 cm³/mol. The highest BCUT2D eigenvalue weighted by Gasteiger charge is 2.22. The SMILES string of the molecule is C[C@@H](NS(=O)(=O)c1ccc(Br)cc1)C(=O)Nc1cccc(F)c1. The third-order valence-electron chi connectivity index (χ3n) is 2.94. The summed E-state index contributed by atoms with van der Waals surface area (Å²) in [5.41, 5.74) is 0.254. The van der Waals surface area contributed by atoms with Crippen LogP contribution in [0.1, 0.15) is 6.92 Å². The molecule has 1 amide bonds. The van der Waals surface area contributed by atoms with Gasteiger partial charge in [0.2, 0.25) is 15.9 Å². The van der Waals surface area contributed by atoms with E-state index in [-0.39, 0.29) is 10.6 Å². The fraction of sp³-hybridized carbons (Fsp3) is 0.133. The topological polar surface area (TPSA) is 75.3 Å². The minimum Gasteiger partial charge on any atom is -0.325 e. The Morgan fingerprint density at radius 3 is 2.43 bits per heavy atom. The first-order valence-electron chi connectivity index (χ1n) is 6.62. The first-order chi connectivity index (χ1) is 10.8. The van der Waals surface area contributed by atoms with Gasteiger partial charge in [-0.15, -0.1) is 0 Å². The molecule has 2 aromatic carbocycles. The molecule has 23 heavy (non-hydrogen) atoms. The van der Waals surface area contributed by atoms with Crippen molar-refractivity contribution < 1.29 is 17.6 Å². The molecule has 0 aliphatic heterocycles. The molecule has 0 heterocycles. The lowest BCUT2D eigenvalue weighted by atomic mass is 10.3. The lowest BCUT2D eigenvalue weighted by Gasteiger charge is -2.14. The first kappa shape index (κ1) is 17.6. The first-order valence-corrected chi connectivity index (χ1v) is 8.90. The Morgan fingerprint density at radius 2 is 1.83 bits per heavy atom. The maximum Gasteiger partial charge on any atom is 0.242 e. The van der Waals surface area contributed by atoms with Gasteiger partial charge in [0.05, 0.1) is 10.9 Å². The van der Waals surface area contributed by atoms with E-state index in [2.05, 4.69) is 26.0 Å². The molecule has 5 nitrogen and oxygen atoms in total. The van der Waals surface area contributed by atoms with Crippen LogP contribution in [0.2, 0.25) is 0 Å². The highest BCUT2D eigenvalue weighted by molar-refractivity contribution is 9.10. The van der Waals surface area contributed by atoms with Crippen LogP contribution in [0.5, 0.6) is 0 Å². The van der Waals surface area contributed by atoms with Gasteiger partial charge in [-0.25, -0.2) is 12.8 Å². The third-order valence-corrected chi connectivity index (χ3v) is 5.03. The summed E-state index contributed by atoms with van der Waals surface area (Å²) >= 11 is 3.22. The van der Waals surface area contributed by atoms with Crippen molar-refractivity contribution in [2.45, 2.75) is 17.9 Å². The van der Waals surface area contributed by atoms with Crippen LogP contribution in [0.3, 0.4) is 0 Å². The smallest absolute Gasteiger partial charge is 0.242 e. The number of sulfonamides is 1. The molecule has 0 unspecified atom stereocenters. The van der Waals surface area contributed by atoms with Gasteiger partial charge in [0.1, 0.15) is 5.82 Å². The van der Waals surface area contributed by atoms with Crippen molar-refractivity contribution in [3.63, 3.8) is 0 Å². The fourth-order valence-electron chi connectivity index (χ4n) is 1.78. The van der Waals surface area contributed by atoms with E-state index in [4.69, 9.17) is 0 Å². The molecule has 0 saturated carbocycles. The van der Waals surface area contributed by atoms with Gasteiger partial charge in [0.25, 0.3) is 0 Å². The number of nitrogens with one attached hydrogen (secondary N) is 2. The van der Waals surface area contributed by atoms with Crippen molar-refractivity contribution in [1.82, 2.24) is 4.72 Å². The molecule has 0 aromatic heterocycles. The van der Waals surface area contributed by atoms with E-state index in [0.717, 1.165) is 10.5 Å². The number of hydrogen-bond acceptors (Lipinski definition) is 3. The zero-order valence-electron chi connectivity index (χ0n) is 12.1. The van der Waals surface area contributed by atoms with E-state index >= 15 is 0 Å². The Labute approximate surface area is 142 Å². The van der Waals surface area contributed by atoms with Gasteiger partial charge in [-0.05, 0) is 49.4 Å². The minimum atomic E-state index is -3.83. The lowest BCUT2D eigenvalue weighted by molar-refractivity contribution is -0.117. The van der Waals surface area contributed by atoms with Crippen molar-refractivity contribution in [3.05, 3.63) is 58.8 Å². The zero-order chi connectivity index (χ0) is 17.0. The summed E-state index contributed by atoms with van der Waals surface area (Å²) in [6.07, 6.45) is 0. The van der Waals surface area contributed by atoms with E-state index < -0.39 is 27.8 Å². The molecule has 2 aromatic rings. The van der Waals surface area contributed by atoms with Gasteiger partial charge < -0.3 is 5.32 Å². The number of amides is 1. The van der Waals surface area contributed by atoms with E-state index in [9.17, 15) is 17.6 Å². The average molecular weight is 401 g/mol. The minimum absolute atomic E-state index is 0.0473. The van der Waals surface area contributed by atoms with Crippen LogP contribution in [0.15, 0.2) is 57.9 Å². The molecule has 0 radical (unpaired) electrons. The van der Waals surface area contributed by atoms with Crippen LogP contribution in [0.4, 0.5) is 10.1 Å². The largest absolute Gasteiger partial charge is 0.325 e. The molecular formula is C15H14BrFN2O3S. The molecule has 1 atom stereocenters. The summed E-state index contributed by atoms with van der Waals surface area (Å²) in [6.45, 7) is 1.41. The van der Waals surface area contributed by atoms with Gasteiger partial charge in [-0.1, -0.05) is 22.0 Å².